The van der Waals surface area contributed by atoms with E-state index in [1.54, 1.807) is 0 Å². The molecule has 0 saturated carbocycles. The quantitative estimate of drug-likeness (QED) is 0.850. The predicted molar refractivity (Wildman–Crippen MR) is 78.9 cm³/mol. The summed E-state index contributed by atoms with van der Waals surface area (Å²) in [7, 11) is 0. The van der Waals surface area contributed by atoms with Crippen molar-refractivity contribution >= 4 is 11.6 Å². The highest BCUT2D eigenvalue weighted by Crippen LogP contribution is 2.36. The molecule has 1 N–H and O–H groups in total. The summed E-state index contributed by atoms with van der Waals surface area (Å²) < 4.78 is 5.60. The van der Waals surface area contributed by atoms with E-state index in [1.165, 1.54) is 0 Å². The minimum atomic E-state index is -0.176. The van der Waals surface area contributed by atoms with Crippen LogP contribution in [-0.2, 0) is 9.53 Å². The molecule has 1 atom stereocenters. The third kappa shape index (κ3) is 2.34. The van der Waals surface area contributed by atoms with E-state index in [0.29, 0.717) is 6.61 Å². The molecule has 1 amide bonds. The number of amides is 1. The van der Waals surface area contributed by atoms with E-state index in [0.717, 1.165) is 43.6 Å². The lowest BCUT2D eigenvalue weighted by Crippen LogP contribution is -2.60. The van der Waals surface area contributed by atoms with Gasteiger partial charge in [0.1, 0.15) is 6.61 Å². The van der Waals surface area contributed by atoms with Crippen molar-refractivity contribution in [2.75, 3.05) is 31.2 Å². The van der Waals surface area contributed by atoms with E-state index in [4.69, 9.17) is 4.74 Å². The van der Waals surface area contributed by atoms with Crippen LogP contribution in [0.25, 0.3) is 0 Å². The van der Waals surface area contributed by atoms with Gasteiger partial charge in [0.15, 0.2) is 0 Å². The second-order valence-corrected chi connectivity index (χ2v) is 5.84. The zero-order chi connectivity index (χ0) is 14.0. The number of ether oxygens (including phenoxy) is 1. The van der Waals surface area contributed by atoms with Gasteiger partial charge in [-0.3, -0.25) is 4.79 Å². The van der Waals surface area contributed by atoms with Crippen molar-refractivity contribution in [1.82, 2.24) is 5.32 Å². The maximum absolute atomic E-state index is 12.5. The normalized spacial score (nSPS) is 27.6. The lowest BCUT2D eigenvalue weighted by molar-refractivity contribution is -0.130. The highest BCUT2D eigenvalue weighted by atomic mass is 16.5. The number of hydrogen-bond acceptors (Lipinski definition) is 3. The summed E-state index contributed by atoms with van der Waals surface area (Å²) in [6.45, 7) is 4.88. The number of nitrogens with one attached hydrogen (secondary N) is 1. The maximum atomic E-state index is 12.5. The standard InChI is InChI=1S/C16H22N2O2/c1-13-5-2-3-6-14(13)18-15(19)11-20-12-16(18)7-4-9-17-10-8-16/h2-3,5-6,17H,4,7-12H2,1H3. The van der Waals surface area contributed by atoms with Crippen molar-refractivity contribution in [3.8, 4) is 0 Å². The number of carbonyl (C=O) groups is 1. The monoisotopic (exact) mass is 274 g/mol. The van der Waals surface area contributed by atoms with Gasteiger partial charge >= 0.3 is 0 Å². The van der Waals surface area contributed by atoms with E-state index >= 15 is 0 Å². The molecule has 2 heterocycles. The number of rotatable bonds is 1. The van der Waals surface area contributed by atoms with Gasteiger partial charge in [0.2, 0.25) is 0 Å². The average Bonchev–Trinajstić information content (AvgIpc) is 2.67. The second-order valence-electron chi connectivity index (χ2n) is 5.84. The number of nitrogens with zero attached hydrogens (tertiary/aromatic N) is 1. The Bertz CT molecular complexity index is 493. The first-order chi connectivity index (χ1) is 9.73. The lowest BCUT2D eigenvalue weighted by atomic mass is 9.87. The van der Waals surface area contributed by atoms with Crippen molar-refractivity contribution in [2.24, 2.45) is 0 Å². The summed E-state index contributed by atoms with van der Waals surface area (Å²) >= 11 is 0. The Morgan fingerprint density at radius 2 is 2.10 bits per heavy atom. The lowest BCUT2D eigenvalue weighted by Gasteiger charge is -2.47. The molecule has 1 aromatic carbocycles. The molecule has 4 heteroatoms. The molecule has 20 heavy (non-hydrogen) atoms. The van der Waals surface area contributed by atoms with E-state index in [2.05, 4.69) is 24.4 Å². The van der Waals surface area contributed by atoms with Crippen LogP contribution >= 0.6 is 0 Å². The molecule has 0 aliphatic carbocycles. The molecule has 2 fully saturated rings. The van der Waals surface area contributed by atoms with Crippen LogP contribution in [0.4, 0.5) is 5.69 Å². The van der Waals surface area contributed by atoms with Gasteiger partial charge in [0, 0.05) is 5.69 Å². The molecule has 1 aromatic rings. The number of benzene rings is 1. The zero-order valence-electron chi connectivity index (χ0n) is 12.0. The average molecular weight is 274 g/mol. The molecule has 2 saturated heterocycles. The van der Waals surface area contributed by atoms with E-state index in [9.17, 15) is 4.79 Å². The summed E-state index contributed by atoms with van der Waals surface area (Å²) in [5.74, 6) is 0.0902. The van der Waals surface area contributed by atoms with Gasteiger partial charge in [0.25, 0.3) is 5.91 Å². The van der Waals surface area contributed by atoms with Gasteiger partial charge in [-0.1, -0.05) is 18.2 Å². The van der Waals surface area contributed by atoms with Crippen molar-refractivity contribution in [3.05, 3.63) is 29.8 Å². The summed E-state index contributed by atoms with van der Waals surface area (Å²) in [6.07, 6.45) is 3.03. The number of morpholine rings is 1. The van der Waals surface area contributed by atoms with Crippen molar-refractivity contribution in [1.29, 1.82) is 0 Å². The molecule has 2 aliphatic rings. The molecule has 3 rings (SSSR count). The fourth-order valence-corrected chi connectivity index (χ4v) is 3.41. The molecule has 0 radical (unpaired) electrons. The van der Waals surface area contributed by atoms with Crippen LogP contribution in [-0.4, -0.2) is 37.7 Å². The maximum Gasteiger partial charge on any atom is 0.253 e. The molecule has 4 nitrogen and oxygen atoms in total. The van der Waals surface area contributed by atoms with E-state index in [-0.39, 0.29) is 18.1 Å². The number of carbonyl (C=O) groups excluding carboxylic acids is 1. The summed E-state index contributed by atoms with van der Waals surface area (Å²) in [5, 5.41) is 3.43. The number of aryl methyl sites for hydroxylation is 1. The van der Waals surface area contributed by atoms with Crippen molar-refractivity contribution < 1.29 is 9.53 Å². The molecule has 1 spiro atoms. The fourth-order valence-electron chi connectivity index (χ4n) is 3.41. The van der Waals surface area contributed by atoms with Gasteiger partial charge < -0.3 is 15.0 Å². The summed E-state index contributed by atoms with van der Waals surface area (Å²) in [5.41, 5.74) is 2.02. The minimum Gasteiger partial charge on any atom is -0.369 e. The first kappa shape index (κ1) is 13.6. The Morgan fingerprint density at radius 3 is 2.95 bits per heavy atom. The predicted octanol–water partition coefficient (Wildman–Crippen LogP) is 1.87. The third-order valence-corrected chi connectivity index (χ3v) is 4.44. The molecular weight excluding hydrogens is 252 g/mol. The Balaban J connectivity index is 2.02. The van der Waals surface area contributed by atoms with Gasteiger partial charge in [0.05, 0.1) is 12.1 Å². The van der Waals surface area contributed by atoms with Crippen molar-refractivity contribution in [3.63, 3.8) is 0 Å². The highest BCUT2D eigenvalue weighted by Gasteiger charge is 2.44. The molecule has 0 aromatic heterocycles. The van der Waals surface area contributed by atoms with Crippen LogP contribution in [0.15, 0.2) is 24.3 Å². The van der Waals surface area contributed by atoms with E-state index in [1.807, 2.05) is 17.0 Å². The van der Waals surface area contributed by atoms with Gasteiger partial charge in [-0.25, -0.2) is 0 Å². The Morgan fingerprint density at radius 1 is 1.25 bits per heavy atom. The topological polar surface area (TPSA) is 41.6 Å². The number of hydrogen-bond donors (Lipinski definition) is 1. The molecule has 108 valence electrons. The van der Waals surface area contributed by atoms with Crippen LogP contribution in [0.5, 0.6) is 0 Å². The second kappa shape index (κ2) is 5.54. The third-order valence-electron chi connectivity index (χ3n) is 4.44. The zero-order valence-corrected chi connectivity index (χ0v) is 12.0. The van der Waals surface area contributed by atoms with Crippen LogP contribution in [0, 0.1) is 6.92 Å². The first-order valence-electron chi connectivity index (χ1n) is 7.40. The SMILES string of the molecule is Cc1ccccc1N1C(=O)COCC12CCCNCC2. The smallest absolute Gasteiger partial charge is 0.253 e. The number of para-hydroxylation sites is 1. The van der Waals surface area contributed by atoms with Gasteiger partial charge in [-0.15, -0.1) is 0 Å². The van der Waals surface area contributed by atoms with E-state index < -0.39 is 0 Å². The molecular formula is C16H22N2O2. The van der Waals surface area contributed by atoms with Crippen LogP contribution in [0.2, 0.25) is 0 Å². The summed E-state index contributed by atoms with van der Waals surface area (Å²) in [4.78, 5) is 14.5. The largest absolute Gasteiger partial charge is 0.369 e. The van der Waals surface area contributed by atoms with Crippen LogP contribution in [0.1, 0.15) is 24.8 Å². The van der Waals surface area contributed by atoms with Gasteiger partial charge in [-0.2, -0.15) is 0 Å². The van der Waals surface area contributed by atoms with Crippen LogP contribution in [0.3, 0.4) is 0 Å². The Labute approximate surface area is 120 Å². The fraction of sp³-hybridized carbons (Fsp3) is 0.562. The molecule has 0 bridgehead atoms. The van der Waals surface area contributed by atoms with Gasteiger partial charge in [-0.05, 0) is 50.9 Å². The summed E-state index contributed by atoms with van der Waals surface area (Å²) in [6, 6.07) is 8.15. The Hall–Kier alpha value is -1.39. The number of anilines is 1. The minimum absolute atomic E-state index is 0.0902. The Kier molecular flexibility index (Phi) is 3.76. The molecule has 1 unspecified atom stereocenters. The van der Waals surface area contributed by atoms with Crippen LogP contribution < -0.4 is 10.2 Å². The van der Waals surface area contributed by atoms with Crippen molar-refractivity contribution in [2.45, 2.75) is 31.7 Å². The highest BCUT2D eigenvalue weighted by molar-refractivity contribution is 5.97. The first-order valence-corrected chi connectivity index (χ1v) is 7.40. The molecule has 2 aliphatic heterocycles.